The Hall–Kier alpha value is -1.60. The van der Waals surface area contributed by atoms with Gasteiger partial charge in [-0.05, 0) is 43.5 Å². The molecule has 0 unspecified atom stereocenters. The summed E-state index contributed by atoms with van der Waals surface area (Å²) in [4.78, 5) is 0. The number of nitriles is 1. The van der Waals surface area contributed by atoms with Gasteiger partial charge in [0.1, 0.15) is 11.6 Å². The fourth-order valence-electron chi connectivity index (χ4n) is 1.51. The molecule has 0 aliphatic heterocycles. The number of nitrogens with zero attached hydrogens (tertiary/aromatic N) is 1. The summed E-state index contributed by atoms with van der Waals surface area (Å²) in [7, 11) is 0. The molecule has 0 aliphatic carbocycles. The van der Waals surface area contributed by atoms with E-state index < -0.39 is 0 Å². The maximum atomic E-state index is 13.2. The summed E-state index contributed by atoms with van der Waals surface area (Å²) >= 11 is 0. The van der Waals surface area contributed by atoms with Crippen LogP contribution in [-0.2, 0) is 6.42 Å². The largest absolute Gasteiger partial charge is 0.493 e. The Morgan fingerprint density at radius 3 is 2.82 bits per heavy atom. The molecule has 2 N–H and O–H groups in total. The first-order valence-corrected chi connectivity index (χ1v) is 5.75. The average Bonchev–Trinajstić information content (AvgIpc) is 2.28. The lowest BCUT2D eigenvalue weighted by Gasteiger charge is -2.07. The number of unbranched alkanes of at least 4 members (excludes halogenated alkanes) is 2. The Morgan fingerprint density at radius 2 is 2.12 bits per heavy atom. The van der Waals surface area contributed by atoms with Gasteiger partial charge >= 0.3 is 0 Å². The first-order valence-electron chi connectivity index (χ1n) is 5.75. The van der Waals surface area contributed by atoms with Crippen LogP contribution in [0.2, 0.25) is 0 Å². The summed E-state index contributed by atoms with van der Waals surface area (Å²) in [5.74, 6) is 0.230. The van der Waals surface area contributed by atoms with Crippen molar-refractivity contribution in [2.75, 3.05) is 13.2 Å². The quantitative estimate of drug-likeness (QED) is 0.739. The van der Waals surface area contributed by atoms with E-state index in [1.807, 2.05) is 0 Å². The van der Waals surface area contributed by atoms with Gasteiger partial charge in [-0.3, -0.25) is 0 Å². The minimum absolute atomic E-state index is 0.303. The number of benzene rings is 1. The highest BCUT2D eigenvalue weighted by atomic mass is 19.1. The molecule has 0 amide bonds. The van der Waals surface area contributed by atoms with Crippen LogP contribution in [0, 0.1) is 17.1 Å². The van der Waals surface area contributed by atoms with Crippen LogP contribution in [0.4, 0.5) is 4.39 Å². The Balaban J connectivity index is 2.44. The molecule has 92 valence electrons. The molecule has 1 rings (SSSR count). The number of hydrogen-bond donors (Lipinski definition) is 1. The van der Waals surface area contributed by atoms with Crippen LogP contribution in [0.3, 0.4) is 0 Å². The van der Waals surface area contributed by atoms with E-state index >= 15 is 0 Å². The standard InChI is InChI=1S/C13H17FN2O/c14-12-8-11(4-6-16)9-13(10-12)17-7-3-1-2-5-15/h8-10H,1-4,6-7,16H2. The van der Waals surface area contributed by atoms with Gasteiger partial charge in [0.15, 0.2) is 0 Å². The smallest absolute Gasteiger partial charge is 0.127 e. The molecule has 1 aromatic carbocycles. The highest BCUT2D eigenvalue weighted by Crippen LogP contribution is 2.17. The molecule has 17 heavy (non-hydrogen) atoms. The molecule has 0 saturated heterocycles. The normalized spacial score (nSPS) is 9.94. The molecular weight excluding hydrogens is 219 g/mol. The summed E-state index contributed by atoms with van der Waals surface area (Å²) in [5.41, 5.74) is 6.27. The molecule has 0 aliphatic rings. The van der Waals surface area contributed by atoms with E-state index in [4.69, 9.17) is 15.7 Å². The molecule has 3 nitrogen and oxygen atoms in total. The van der Waals surface area contributed by atoms with E-state index in [1.54, 1.807) is 6.07 Å². The third-order valence-electron chi connectivity index (χ3n) is 2.32. The summed E-state index contributed by atoms with van der Waals surface area (Å²) in [6, 6.07) is 6.71. The maximum absolute atomic E-state index is 13.2. The molecule has 0 bridgehead atoms. The third-order valence-corrected chi connectivity index (χ3v) is 2.32. The number of halogens is 1. The van der Waals surface area contributed by atoms with Gasteiger partial charge in [-0.1, -0.05) is 0 Å². The van der Waals surface area contributed by atoms with Gasteiger partial charge in [-0.2, -0.15) is 5.26 Å². The first-order chi connectivity index (χ1) is 8.26. The third kappa shape index (κ3) is 5.32. The minimum atomic E-state index is -0.303. The zero-order valence-electron chi connectivity index (χ0n) is 9.79. The lowest BCUT2D eigenvalue weighted by molar-refractivity contribution is 0.306. The van der Waals surface area contributed by atoms with Crippen molar-refractivity contribution in [2.45, 2.75) is 25.7 Å². The Morgan fingerprint density at radius 1 is 1.29 bits per heavy atom. The van der Waals surface area contributed by atoms with Crippen molar-refractivity contribution in [3.8, 4) is 11.8 Å². The summed E-state index contributed by atoms with van der Waals surface area (Å²) < 4.78 is 18.6. The van der Waals surface area contributed by atoms with Crippen molar-refractivity contribution in [1.82, 2.24) is 0 Å². The van der Waals surface area contributed by atoms with Crippen LogP contribution < -0.4 is 10.5 Å². The fraction of sp³-hybridized carbons (Fsp3) is 0.462. The van der Waals surface area contributed by atoms with Gasteiger partial charge in [0.2, 0.25) is 0 Å². The zero-order chi connectivity index (χ0) is 12.5. The maximum Gasteiger partial charge on any atom is 0.127 e. The molecule has 0 saturated carbocycles. The van der Waals surface area contributed by atoms with Gasteiger partial charge in [-0.15, -0.1) is 0 Å². The van der Waals surface area contributed by atoms with E-state index in [-0.39, 0.29) is 5.82 Å². The lowest BCUT2D eigenvalue weighted by Crippen LogP contribution is -2.04. The topological polar surface area (TPSA) is 59.0 Å². The minimum Gasteiger partial charge on any atom is -0.493 e. The van der Waals surface area contributed by atoms with Gasteiger partial charge < -0.3 is 10.5 Å². The molecule has 0 spiro atoms. The zero-order valence-corrected chi connectivity index (χ0v) is 9.79. The van der Waals surface area contributed by atoms with Crippen LogP contribution >= 0.6 is 0 Å². The number of hydrogen-bond acceptors (Lipinski definition) is 3. The monoisotopic (exact) mass is 236 g/mol. The van der Waals surface area contributed by atoms with E-state index in [0.717, 1.165) is 18.4 Å². The predicted octanol–water partition coefficient (Wildman–Crippen LogP) is 2.40. The van der Waals surface area contributed by atoms with Crippen LogP contribution in [0.25, 0.3) is 0 Å². The van der Waals surface area contributed by atoms with Crippen LogP contribution in [0.5, 0.6) is 5.75 Å². The van der Waals surface area contributed by atoms with Crippen molar-refractivity contribution < 1.29 is 9.13 Å². The van der Waals surface area contributed by atoms with Crippen LogP contribution in [0.1, 0.15) is 24.8 Å². The highest BCUT2D eigenvalue weighted by Gasteiger charge is 2.01. The number of rotatable bonds is 7. The van der Waals surface area contributed by atoms with Gasteiger partial charge in [0.25, 0.3) is 0 Å². The fourth-order valence-corrected chi connectivity index (χ4v) is 1.51. The van der Waals surface area contributed by atoms with E-state index in [9.17, 15) is 4.39 Å². The molecule has 4 heteroatoms. The first kappa shape index (κ1) is 13.5. The molecule has 1 aromatic rings. The number of ether oxygens (including phenoxy) is 1. The molecule has 0 aromatic heterocycles. The summed E-state index contributed by atoms with van der Waals surface area (Å²) in [6.45, 7) is 0.998. The Kier molecular flexibility index (Phi) is 6.05. The van der Waals surface area contributed by atoms with Gasteiger partial charge in [-0.25, -0.2) is 4.39 Å². The second kappa shape index (κ2) is 7.64. The number of nitrogens with two attached hydrogens (primary N) is 1. The van der Waals surface area contributed by atoms with Crippen molar-refractivity contribution in [3.05, 3.63) is 29.6 Å². The summed E-state index contributed by atoms with van der Waals surface area (Å²) in [5, 5.41) is 8.36. The Bertz CT molecular complexity index is 387. The lowest BCUT2D eigenvalue weighted by atomic mass is 10.1. The second-order valence-electron chi connectivity index (χ2n) is 3.80. The second-order valence-corrected chi connectivity index (χ2v) is 3.80. The summed E-state index contributed by atoms with van der Waals surface area (Å²) in [6.07, 6.45) is 2.78. The average molecular weight is 236 g/mol. The van der Waals surface area contributed by atoms with Gasteiger partial charge in [0, 0.05) is 12.5 Å². The Labute approximate surface area is 101 Å². The van der Waals surface area contributed by atoms with E-state index in [0.29, 0.717) is 31.7 Å². The van der Waals surface area contributed by atoms with Crippen LogP contribution in [0.15, 0.2) is 18.2 Å². The van der Waals surface area contributed by atoms with Crippen molar-refractivity contribution in [2.24, 2.45) is 5.73 Å². The molecule has 0 fully saturated rings. The SMILES string of the molecule is N#CCCCCOc1cc(F)cc(CCN)c1. The van der Waals surface area contributed by atoms with E-state index in [1.165, 1.54) is 12.1 Å². The van der Waals surface area contributed by atoms with Crippen molar-refractivity contribution in [1.29, 1.82) is 5.26 Å². The van der Waals surface area contributed by atoms with Crippen molar-refractivity contribution >= 4 is 0 Å². The molecular formula is C13H17FN2O. The highest BCUT2D eigenvalue weighted by molar-refractivity contribution is 5.29. The van der Waals surface area contributed by atoms with Crippen LogP contribution in [-0.4, -0.2) is 13.2 Å². The van der Waals surface area contributed by atoms with E-state index in [2.05, 4.69) is 6.07 Å². The molecule has 0 atom stereocenters. The predicted molar refractivity (Wildman–Crippen MR) is 64.1 cm³/mol. The molecule has 0 radical (unpaired) electrons. The van der Waals surface area contributed by atoms with Crippen molar-refractivity contribution in [3.63, 3.8) is 0 Å². The van der Waals surface area contributed by atoms with Gasteiger partial charge in [0.05, 0.1) is 12.7 Å². The molecule has 0 heterocycles.